The molecule has 1 aromatic heterocycles. The van der Waals surface area contributed by atoms with Gasteiger partial charge in [-0.1, -0.05) is 105 Å². The summed E-state index contributed by atoms with van der Waals surface area (Å²) in [6, 6.07) is 1.45. The van der Waals surface area contributed by atoms with Crippen LogP contribution in [0.1, 0.15) is 137 Å². The minimum Gasteiger partial charge on any atom is -0.457 e. The van der Waals surface area contributed by atoms with Crippen LogP contribution in [-0.4, -0.2) is 74.6 Å². The van der Waals surface area contributed by atoms with E-state index >= 15 is 0 Å². The van der Waals surface area contributed by atoms with Gasteiger partial charge in [0.15, 0.2) is 6.23 Å². The van der Waals surface area contributed by atoms with Gasteiger partial charge in [-0.3, -0.25) is 14.2 Å². The standard InChI is InChI=1S/C27H46N3O8P.C6H15N/c1-3-4-5-6-7-8-9-10-11-12-13-14-15-16-25(32)38-23-19-22(20-36-39(34)35)37-26(23)30-18-17-24(28-21(2)31)29-27(30)33;1-4-7(5-2)6-3/h17-18,22-23,26,34-35H,3-16,19-20H2,1-2H3,(H,28,29,31,33);4-6H2,1-3H3/t22-,23+,26+;/m0./s1. The van der Waals surface area contributed by atoms with Crippen LogP contribution in [0.25, 0.3) is 0 Å². The molecule has 13 heteroatoms. The Kier molecular flexibility index (Phi) is 23.8. The first kappa shape index (κ1) is 42.1. The zero-order valence-electron chi connectivity index (χ0n) is 29.0. The lowest BCUT2D eigenvalue weighted by molar-refractivity contribution is -0.155. The molecule has 0 bridgehead atoms. The molecule has 1 aromatic rings. The number of anilines is 1. The molecule has 1 saturated heterocycles. The summed E-state index contributed by atoms with van der Waals surface area (Å²) >= 11 is 0. The largest absolute Gasteiger partial charge is 0.457 e. The fourth-order valence-electron chi connectivity index (χ4n) is 5.37. The molecule has 1 aliphatic rings. The number of nitrogens with zero attached hydrogens (tertiary/aromatic N) is 3. The molecule has 3 atom stereocenters. The lowest BCUT2D eigenvalue weighted by atomic mass is 10.0. The summed E-state index contributed by atoms with van der Waals surface area (Å²) in [6.45, 7) is 13.5. The second-order valence-corrected chi connectivity index (χ2v) is 12.5. The molecule has 0 aliphatic carbocycles. The molecule has 0 saturated carbocycles. The Morgan fingerprint density at radius 3 is 1.96 bits per heavy atom. The van der Waals surface area contributed by atoms with E-state index < -0.39 is 32.7 Å². The van der Waals surface area contributed by atoms with Gasteiger partial charge in [0.1, 0.15) is 11.9 Å². The van der Waals surface area contributed by atoms with Crippen molar-refractivity contribution in [3.05, 3.63) is 22.7 Å². The fraction of sp³-hybridized carbons (Fsp3) is 0.818. The Hall–Kier alpha value is -1.95. The van der Waals surface area contributed by atoms with Gasteiger partial charge in [-0.05, 0) is 32.1 Å². The van der Waals surface area contributed by atoms with Gasteiger partial charge in [-0.2, -0.15) is 4.98 Å². The molecule has 0 aromatic carbocycles. The summed E-state index contributed by atoms with van der Waals surface area (Å²) in [4.78, 5) is 60.7. The minimum atomic E-state index is -2.57. The number of carbonyl (C=O) groups excluding carboxylic acids is 2. The third-order valence-electron chi connectivity index (χ3n) is 8.04. The van der Waals surface area contributed by atoms with Crippen LogP contribution in [0.4, 0.5) is 5.82 Å². The third-order valence-corrected chi connectivity index (χ3v) is 8.42. The summed E-state index contributed by atoms with van der Waals surface area (Å²) in [5.74, 6) is -0.636. The molecule has 0 radical (unpaired) electrons. The molecule has 266 valence electrons. The lowest BCUT2D eigenvalue weighted by Gasteiger charge is -2.21. The maximum Gasteiger partial charge on any atom is 0.351 e. The Labute approximate surface area is 277 Å². The third kappa shape index (κ3) is 19.0. The van der Waals surface area contributed by atoms with Gasteiger partial charge in [-0.25, -0.2) is 4.79 Å². The van der Waals surface area contributed by atoms with Crippen molar-refractivity contribution in [2.24, 2.45) is 0 Å². The number of hydrogen-bond acceptors (Lipinski definition) is 10. The molecule has 3 N–H and O–H groups in total. The molecule has 0 unspecified atom stereocenters. The van der Waals surface area contributed by atoms with Crippen LogP contribution in [0.3, 0.4) is 0 Å². The zero-order chi connectivity index (χ0) is 34.2. The highest BCUT2D eigenvalue weighted by molar-refractivity contribution is 7.39. The van der Waals surface area contributed by atoms with E-state index in [0.29, 0.717) is 0 Å². The van der Waals surface area contributed by atoms with Crippen LogP contribution in [0.2, 0.25) is 0 Å². The molecule has 1 aliphatic heterocycles. The van der Waals surface area contributed by atoms with E-state index in [2.05, 4.69) is 42.9 Å². The summed E-state index contributed by atoms with van der Waals surface area (Å²) in [5, 5.41) is 2.44. The van der Waals surface area contributed by atoms with Crippen molar-refractivity contribution in [2.75, 3.05) is 31.6 Å². The van der Waals surface area contributed by atoms with Gasteiger partial charge < -0.3 is 34.0 Å². The van der Waals surface area contributed by atoms with E-state index in [1.54, 1.807) is 0 Å². The van der Waals surface area contributed by atoms with Crippen molar-refractivity contribution in [3.63, 3.8) is 0 Å². The van der Waals surface area contributed by atoms with Crippen LogP contribution in [0.15, 0.2) is 17.1 Å². The highest BCUT2D eigenvalue weighted by Crippen LogP contribution is 2.34. The molecule has 0 spiro atoms. The van der Waals surface area contributed by atoms with Gasteiger partial charge in [0.05, 0.1) is 12.7 Å². The first-order chi connectivity index (χ1) is 22.1. The Balaban J connectivity index is 0.00000135. The van der Waals surface area contributed by atoms with E-state index in [1.165, 1.54) is 108 Å². The Morgan fingerprint density at radius 1 is 0.957 bits per heavy atom. The number of hydrogen-bond donors (Lipinski definition) is 3. The average Bonchev–Trinajstić information content (AvgIpc) is 3.41. The van der Waals surface area contributed by atoms with E-state index in [1.807, 2.05) is 0 Å². The first-order valence-corrected chi connectivity index (χ1v) is 18.6. The van der Waals surface area contributed by atoms with Crippen molar-refractivity contribution < 1.29 is 33.4 Å². The van der Waals surface area contributed by atoms with Gasteiger partial charge in [0.25, 0.3) is 0 Å². The smallest absolute Gasteiger partial charge is 0.351 e. The SMILES string of the molecule is CCCCCCCCCCCCCCCC(=O)O[C@@H]1C[C@@H](COP(O)O)O[C@H]1n1ccc(NC(C)=O)nc1=O.CCN(CC)CC. The molecule has 1 fully saturated rings. The summed E-state index contributed by atoms with van der Waals surface area (Å²) < 4.78 is 17.6. The van der Waals surface area contributed by atoms with E-state index in [9.17, 15) is 14.4 Å². The fourth-order valence-corrected chi connectivity index (χ4v) is 5.67. The van der Waals surface area contributed by atoms with Crippen LogP contribution in [-0.2, 0) is 23.6 Å². The Morgan fingerprint density at radius 2 is 1.50 bits per heavy atom. The van der Waals surface area contributed by atoms with Crippen LogP contribution < -0.4 is 11.0 Å². The number of ether oxygens (including phenoxy) is 2. The van der Waals surface area contributed by atoms with E-state index in [4.69, 9.17) is 23.8 Å². The topological polar surface area (TPSA) is 152 Å². The number of unbranched alkanes of at least 4 members (excludes halogenated alkanes) is 12. The highest BCUT2D eigenvalue weighted by atomic mass is 31.2. The normalized spacial score (nSPS) is 17.6. The molecule has 12 nitrogen and oxygen atoms in total. The highest BCUT2D eigenvalue weighted by Gasteiger charge is 2.40. The summed E-state index contributed by atoms with van der Waals surface area (Å²) in [7, 11) is -2.57. The summed E-state index contributed by atoms with van der Waals surface area (Å²) in [5.41, 5.74) is -0.683. The minimum absolute atomic E-state index is 0.101. The molecular formula is C33H61N4O8P. The van der Waals surface area contributed by atoms with Crippen molar-refractivity contribution in [1.82, 2.24) is 14.5 Å². The van der Waals surface area contributed by atoms with Crippen molar-refractivity contribution >= 4 is 26.3 Å². The Bertz CT molecular complexity index is 1000. The average molecular weight is 673 g/mol. The van der Waals surface area contributed by atoms with Gasteiger partial charge in [0, 0.05) is 26.0 Å². The van der Waals surface area contributed by atoms with Gasteiger partial charge >= 0.3 is 20.3 Å². The van der Waals surface area contributed by atoms with Gasteiger partial charge in [0.2, 0.25) is 5.91 Å². The first-order valence-electron chi connectivity index (χ1n) is 17.4. The molecule has 2 rings (SSSR count). The molecule has 46 heavy (non-hydrogen) atoms. The van der Waals surface area contributed by atoms with Crippen LogP contribution in [0.5, 0.6) is 0 Å². The second kappa shape index (κ2) is 26.1. The maximum atomic E-state index is 12.6. The predicted octanol–water partition coefficient (Wildman–Crippen LogP) is 6.46. The second-order valence-electron chi connectivity index (χ2n) is 11.8. The van der Waals surface area contributed by atoms with Crippen molar-refractivity contribution in [3.8, 4) is 0 Å². The van der Waals surface area contributed by atoms with E-state index in [0.717, 1.165) is 19.3 Å². The quantitative estimate of drug-likeness (QED) is 0.0671. The summed E-state index contributed by atoms with van der Waals surface area (Å²) in [6.07, 6.45) is 15.4. The predicted molar refractivity (Wildman–Crippen MR) is 182 cm³/mol. The molecular weight excluding hydrogens is 611 g/mol. The number of rotatable bonds is 23. The van der Waals surface area contributed by atoms with Crippen molar-refractivity contribution in [2.45, 2.75) is 149 Å². The number of nitrogens with one attached hydrogen (secondary N) is 1. The van der Waals surface area contributed by atoms with Crippen LogP contribution in [0, 0.1) is 0 Å². The monoisotopic (exact) mass is 672 g/mol. The van der Waals surface area contributed by atoms with Crippen molar-refractivity contribution in [1.29, 1.82) is 0 Å². The zero-order valence-corrected chi connectivity index (χ0v) is 29.8. The number of aromatic nitrogens is 2. The number of amides is 1. The van der Waals surface area contributed by atoms with Gasteiger partial charge in [-0.15, -0.1) is 0 Å². The number of esters is 1. The molecule has 2 heterocycles. The van der Waals surface area contributed by atoms with E-state index in [-0.39, 0.29) is 37.1 Å². The maximum absolute atomic E-state index is 12.6. The van der Waals surface area contributed by atoms with Crippen LogP contribution >= 0.6 is 8.60 Å². The lowest BCUT2D eigenvalue weighted by Crippen LogP contribution is -2.34. The molecule has 1 amide bonds. The number of carbonyl (C=O) groups is 2.